The summed E-state index contributed by atoms with van der Waals surface area (Å²) < 4.78 is 0. The monoisotopic (exact) mass is 220 g/mol. The summed E-state index contributed by atoms with van der Waals surface area (Å²) in [5, 5.41) is 0. The molecule has 0 aliphatic rings. The average molecular weight is 220 g/mol. The lowest BCUT2D eigenvalue weighted by Gasteiger charge is -2.15. The fourth-order valence-electron chi connectivity index (χ4n) is 1.92. The topological polar surface area (TPSA) is 38.0 Å². The smallest absolute Gasteiger partial charge is 0.0250 e. The van der Waals surface area contributed by atoms with Gasteiger partial charge < -0.3 is 0 Å². The van der Waals surface area contributed by atoms with Gasteiger partial charge in [0.2, 0.25) is 0 Å². The van der Waals surface area contributed by atoms with Gasteiger partial charge >= 0.3 is 0 Å². The summed E-state index contributed by atoms with van der Waals surface area (Å²) in [5.74, 6) is 6.14. The normalized spacial score (nSPS) is 13.1. The molecule has 1 aromatic carbocycles. The van der Waals surface area contributed by atoms with Gasteiger partial charge in [-0.15, -0.1) is 0 Å². The summed E-state index contributed by atoms with van der Waals surface area (Å²) in [6.45, 7) is 6.62. The molecule has 2 nitrogen and oxygen atoms in total. The highest BCUT2D eigenvalue weighted by molar-refractivity contribution is 5.25. The Morgan fingerprint density at radius 1 is 1.19 bits per heavy atom. The highest BCUT2D eigenvalue weighted by Gasteiger charge is 2.06. The molecule has 1 unspecified atom stereocenters. The van der Waals surface area contributed by atoms with Gasteiger partial charge in [0.1, 0.15) is 0 Å². The molecule has 0 aliphatic carbocycles. The first-order valence-electron chi connectivity index (χ1n) is 6.22. The quantitative estimate of drug-likeness (QED) is 0.571. The zero-order valence-corrected chi connectivity index (χ0v) is 10.7. The number of hydrogen-bond donors (Lipinski definition) is 2. The molecule has 0 spiro atoms. The van der Waals surface area contributed by atoms with Crippen molar-refractivity contribution in [2.75, 3.05) is 0 Å². The van der Waals surface area contributed by atoms with Gasteiger partial charge in [-0.3, -0.25) is 11.3 Å². The van der Waals surface area contributed by atoms with E-state index in [1.807, 2.05) is 0 Å². The predicted molar refractivity (Wildman–Crippen MR) is 70.3 cm³/mol. The Kier molecular flexibility index (Phi) is 5.50. The zero-order chi connectivity index (χ0) is 12.0. The van der Waals surface area contributed by atoms with Crippen molar-refractivity contribution in [3.05, 3.63) is 35.4 Å². The second-order valence-corrected chi connectivity index (χ2v) is 4.75. The molecule has 0 aliphatic heterocycles. The maximum Gasteiger partial charge on any atom is 0.0250 e. The number of benzene rings is 1. The van der Waals surface area contributed by atoms with E-state index in [-0.39, 0.29) is 0 Å². The Labute approximate surface area is 99.2 Å². The molecule has 0 aromatic heterocycles. The van der Waals surface area contributed by atoms with E-state index in [0.717, 1.165) is 12.8 Å². The standard InChI is InChI=1S/C14H24N2/c1-4-5-14(16-15)10-12-6-8-13(9-7-12)11(2)3/h6-9,11,14,16H,4-5,10,15H2,1-3H3. The molecule has 0 saturated carbocycles. The van der Waals surface area contributed by atoms with E-state index >= 15 is 0 Å². The number of rotatable bonds is 6. The number of nitrogens with two attached hydrogens (primary N) is 1. The predicted octanol–water partition coefficient (Wildman–Crippen LogP) is 2.98. The first-order chi connectivity index (χ1) is 7.67. The summed E-state index contributed by atoms with van der Waals surface area (Å²) in [7, 11) is 0. The van der Waals surface area contributed by atoms with Crippen LogP contribution in [-0.4, -0.2) is 6.04 Å². The van der Waals surface area contributed by atoms with E-state index in [1.54, 1.807) is 0 Å². The van der Waals surface area contributed by atoms with Crippen LogP contribution in [0.5, 0.6) is 0 Å². The van der Waals surface area contributed by atoms with Gasteiger partial charge in [0.15, 0.2) is 0 Å². The lowest BCUT2D eigenvalue weighted by molar-refractivity contribution is 0.486. The molecule has 2 heteroatoms. The molecular formula is C14H24N2. The minimum absolute atomic E-state index is 0.398. The SMILES string of the molecule is CCCC(Cc1ccc(C(C)C)cc1)NN. The second kappa shape index (κ2) is 6.66. The largest absolute Gasteiger partial charge is 0.271 e. The van der Waals surface area contributed by atoms with Crippen molar-refractivity contribution in [1.82, 2.24) is 5.43 Å². The van der Waals surface area contributed by atoms with Crippen molar-refractivity contribution in [3.63, 3.8) is 0 Å². The molecule has 90 valence electrons. The van der Waals surface area contributed by atoms with Crippen LogP contribution in [0.25, 0.3) is 0 Å². The second-order valence-electron chi connectivity index (χ2n) is 4.75. The average Bonchev–Trinajstić information content (AvgIpc) is 2.29. The summed E-state index contributed by atoms with van der Waals surface area (Å²) in [6.07, 6.45) is 3.31. The van der Waals surface area contributed by atoms with Crippen molar-refractivity contribution in [3.8, 4) is 0 Å². The highest BCUT2D eigenvalue weighted by Crippen LogP contribution is 2.16. The van der Waals surface area contributed by atoms with Crippen molar-refractivity contribution in [2.24, 2.45) is 5.84 Å². The molecule has 0 radical (unpaired) electrons. The van der Waals surface area contributed by atoms with Gasteiger partial charge in [0, 0.05) is 6.04 Å². The van der Waals surface area contributed by atoms with Crippen LogP contribution in [0.1, 0.15) is 50.7 Å². The van der Waals surface area contributed by atoms with Gasteiger partial charge in [-0.1, -0.05) is 51.5 Å². The first kappa shape index (κ1) is 13.2. The lowest BCUT2D eigenvalue weighted by atomic mass is 9.98. The molecule has 1 aromatic rings. The first-order valence-corrected chi connectivity index (χ1v) is 6.22. The molecule has 0 saturated heterocycles. The van der Waals surface area contributed by atoms with Crippen molar-refractivity contribution < 1.29 is 0 Å². The van der Waals surface area contributed by atoms with Crippen LogP contribution in [0.2, 0.25) is 0 Å². The molecule has 16 heavy (non-hydrogen) atoms. The van der Waals surface area contributed by atoms with E-state index < -0.39 is 0 Å². The molecule has 0 heterocycles. The summed E-state index contributed by atoms with van der Waals surface area (Å²) >= 11 is 0. The summed E-state index contributed by atoms with van der Waals surface area (Å²) in [4.78, 5) is 0. The zero-order valence-electron chi connectivity index (χ0n) is 10.7. The summed E-state index contributed by atoms with van der Waals surface area (Å²) in [6, 6.07) is 9.28. The Morgan fingerprint density at radius 3 is 2.25 bits per heavy atom. The van der Waals surface area contributed by atoms with Crippen molar-refractivity contribution in [2.45, 2.75) is 52.0 Å². The van der Waals surface area contributed by atoms with Gasteiger partial charge in [0.05, 0.1) is 0 Å². The maximum absolute atomic E-state index is 5.53. The summed E-state index contributed by atoms with van der Waals surface area (Å²) in [5.41, 5.74) is 5.65. The third-order valence-electron chi connectivity index (χ3n) is 3.00. The Morgan fingerprint density at radius 2 is 1.81 bits per heavy atom. The van der Waals surface area contributed by atoms with Gasteiger partial charge in [0.25, 0.3) is 0 Å². The third kappa shape index (κ3) is 3.95. The Bertz CT molecular complexity index is 290. The molecule has 1 atom stereocenters. The number of nitrogens with one attached hydrogen (secondary N) is 1. The van der Waals surface area contributed by atoms with E-state index in [0.29, 0.717) is 12.0 Å². The third-order valence-corrected chi connectivity index (χ3v) is 3.00. The van der Waals surface area contributed by atoms with Crippen LogP contribution in [0.15, 0.2) is 24.3 Å². The molecule has 0 amide bonds. The van der Waals surface area contributed by atoms with Crippen LogP contribution in [0.3, 0.4) is 0 Å². The minimum Gasteiger partial charge on any atom is -0.271 e. The fraction of sp³-hybridized carbons (Fsp3) is 0.571. The Hall–Kier alpha value is -0.860. The maximum atomic E-state index is 5.53. The van der Waals surface area contributed by atoms with Crippen LogP contribution in [0.4, 0.5) is 0 Å². The lowest BCUT2D eigenvalue weighted by Crippen LogP contribution is -2.36. The van der Waals surface area contributed by atoms with E-state index in [2.05, 4.69) is 50.5 Å². The van der Waals surface area contributed by atoms with E-state index in [4.69, 9.17) is 5.84 Å². The highest BCUT2D eigenvalue weighted by atomic mass is 15.2. The van der Waals surface area contributed by atoms with Crippen LogP contribution < -0.4 is 11.3 Å². The van der Waals surface area contributed by atoms with Crippen molar-refractivity contribution >= 4 is 0 Å². The number of hydrazine groups is 1. The van der Waals surface area contributed by atoms with Gasteiger partial charge in [-0.05, 0) is 29.9 Å². The van der Waals surface area contributed by atoms with Crippen LogP contribution >= 0.6 is 0 Å². The van der Waals surface area contributed by atoms with Crippen LogP contribution in [-0.2, 0) is 6.42 Å². The van der Waals surface area contributed by atoms with E-state index in [1.165, 1.54) is 17.5 Å². The Balaban J connectivity index is 2.60. The van der Waals surface area contributed by atoms with Gasteiger partial charge in [-0.25, -0.2) is 0 Å². The fourth-order valence-corrected chi connectivity index (χ4v) is 1.92. The number of hydrogen-bond acceptors (Lipinski definition) is 2. The molecule has 0 fully saturated rings. The van der Waals surface area contributed by atoms with Crippen molar-refractivity contribution in [1.29, 1.82) is 0 Å². The van der Waals surface area contributed by atoms with E-state index in [9.17, 15) is 0 Å². The van der Waals surface area contributed by atoms with Gasteiger partial charge in [-0.2, -0.15) is 0 Å². The molecular weight excluding hydrogens is 196 g/mol. The minimum atomic E-state index is 0.398. The molecule has 0 bridgehead atoms. The molecule has 3 N–H and O–H groups in total. The van der Waals surface area contributed by atoms with Crippen LogP contribution in [0, 0.1) is 0 Å². The molecule has 1 rings (SSSR count).